The van der Waals surface area contributed by atoms with Crippen molar-refractivity contribution < 1.29 is 4.74 Å². The lowest BCUT2D eigenvalue weighted by Gasteiger charge is -2.36. The van der Waals surface area contributed by atoms with Gasteiger partial charge in [0.1, 0.15) is 17.5 Å². The molecule has 3 aromatic heterocycles. The van der Waals surface area contributed by atoms with Crippen molar-refractivity contribution >= 4 is 51.5 Å². The lowest BCUT2D eigenvalue weighted by molar-refractivity contribution is -0.00523. The second kappa shape index (κ2) is 9.24. The van der Waals surface area contributed by atoms with Gasteiger partial charge in [-0.3, -0.25) is 5.10 Å². The highest BCUT2D eigenvalue weighted by Crippen LogP contribution is 2.26. The second-order valence-electron chi connectivity index (χ2n) is 8.11. The molecule has 1 aromatic carbocycles. The van der Waals surface area contributed by atoms with E-state index in [1.54, 1.807) is 6.20 Å². The van der Waals surface area contributed by atoms with Crippen molar-refractivity contribution in [3.05, 3.63) is 48.8 Å². The molecule has 1 aliphatic rings. The second-order valence-corrected chi connectivity index (χ2v) is 8.88. The van der Waals surface area contributed by atoms with Crippen LogP contribution in [0.5, 0.6) is 0 Å². The largest absolute Gasteiger partial charge is 0.372 e. The molecule has 9 nitrogen and oxygen atoms in total. The smallest absolute Gasteiger partial charge is 0.191 e. The van der Waals surface area contributed by atoms with Crippen LogP contribution in [0.15, 0.2) is 53.9 Å². The molecule has 1 aliphatic heterocycles. The first kappa shape index (κ1) is 21.5. The number of nitrogens with one attached hydrogen (secondary N) is 3. The van der Waals surface area contributed by atoms with Crippen LogP contribution in [0, 0.1) is 0 Å². The van der Waals surface area contributed by atoms with E-state index in [2.05, 4.69) is 60.6 Å². The van der Waals surface area contributed by atoms with Crippen molar-refractivity contribution in [1.82, 2.24) is 25.1 Å². The van der Waals surface area contributed by atoms with Crippen molar-refractivity contribution in [3.8, 4) is 0 Å². The molecule has 3 N–H and O–H groups in total. The minimum Gasteiger partial charge on any atom is -0.372 e. The Bertz CT molecular complexity index is 1230. The van der Waals surface area contributed by atoms with Gasteiger partial charge in [-0.2, -0.15) is 5.10 Å². The molecule has 2 atom stereocenters. The molecule has 170 valence electrons. The van der Waals surface area contributed by atoms with Crippen LogP contribution in [-0.2, 0) is 4.74 Å². The molecule has 0 saturated carbocycles. The molecule has 5 rings (SSSR count). The topological polar surface area (TPSA) is 104 Å². The highest BCUT2D eigenvalue weighted by molar-refractivity contribution is 7.98. The molecule has 0 aliphatic carbocycles. The third-order valence-electron chi connectivity index (χ3n) is 5.39. The van der Waals surface area contributed by atoms with Gasteiger partial charge in [-0.1, -0.05) is 11.8 Å². The average Bonchev–Trinajstić information content (AvgIpc) is 3.27. The third-order valence-corrected chi connectivity index (χ3v) is 5.94. The van der Waals surface area contributed by atoms with Gasteiger partial charge in [-0.05, 0) is 50.4 Å². The molecule has 0 amide bonds. The van der Waals surface area contributed by atoms with E-state index < -0.39 is 0 Å². The maximum Gasteiger partial charge on any atom is 0.191 e. The van der Waals surface area contributed by atoms with Gasteiger partial charge in [0, 0.05) is 30.2 Å². The molecular formula is C23H26N8OS. The number of nitrogens with zero attached hydrogens (tertiary/aromatic N) is 5. The molecule has 1 saturated heterocycles. The molecule has 10 heteroatoms. The molecule has 0 bridgehead atoms. The molecular weight excluding hydrogens is 436 g/mol. The number of fused-ring (bicyclic) bond motifs is 1. The van der Waals surface area contributed by atoms with Gasteiger partial charge in [0.25, 0.3) is 0 Å². The molecule has 0 radical (unpaired) electrons. The number of aromatic nitrogens is 5. The summed E-state index contributed by atoms with van der Waals surface area (Å²) < 4.78 is 5.83. The number of anilines is 5. The number of H-pyrrole nitrogens is 1. The summed E-state index contributed by atoms with van der Waals surface area (Å²) >= 11 is 1.49. The summed E-state index contributed by atoms with van der Waals surface area (Å²) in [5, 5.41) is 15.4. The van der Waals surface area contributed by atoms with Gasteiger partial charge in [-0.25, -0.2) is 15.0 Å². The van der Waals surface area contributed by atoms with Crippen molar-refractivity contribution in [1.29, 1.82) is 0 Å². The summed E-state index contributed by atoms with van der Waals surface area (Å²) in [5.41, 5.74) is 3.01. The van der Waals surface area contributed by atoms with Crippen LogP contribution in [0.4, 0.5) is 28.8 Å². The number of benzene rings is 1. The minimum atomic E-state index is 0.206. The Morgan fingerprint density at radius 1 is 0.970 bits per heavy atom. The van der Waals surface area contributed by atoms with Crippen LogP contribution in [0.1, 0.15) is 13.8 Å². The molecule has 33 heavy (non-hydrogen) atoms. The zero-order valence-corrected chi connectivity index (χ0v) is 19.6. The fraction of sp³-hybridized carbons (Fsp3) is 0.304. The van der Waals surface area contributed by atoms with Crippen LogP contribution in [0.25, 0.3) is 10.9 Å². The monoisotopic (exact) mass is 462 g/mol. The highest BCUT2D eigenvalue weighted by Gasteiger charge is 2.22. The Morgan fingerprint density at radius 2 is 1.76 bits per heavy atom. The van der Waals surface area contributed by atoms with Crippen LogP contribution in [-0.4, -0.2) is 56.7 Å². The van der Waals surface area contributed by atoms with Gasteiger partial charge in [0.2, 0.25) is 0 Å². The predicted molar refractivity (Wildman–Crippen MR) is 133 cm³/mol. The lowest BCUT2D eigenvalue weighted by atomic mass is 10.2. The number of morpholine rings is 1. The van der Waals surface area contributed by atoms with Crippen molar-refractivity contribution in [2.45, 2.75) is 31.2 Å². The Morgan fingerprint density at radius 3 is 2.48 bits per heavy atom. The molecule has 0 spiro atoms. The van der Waals surface area contributed by atoms with E-state index in [-0.39, 0.29) is 12.2 Å². The number of aromatic amines is 1. The van der Waals surface area contributed by atoms with E-state index in [0.29, 0.717) is 16.8 Å². The molecule has 1 fully saturated rings. The van der Waals surface area contributed by atoms with Crippen LogP contribution < -0.4 is 15.5 Å². The summed E-state index contributed by atoms with van der Waals surface area (Å²) in [5.74, 6) is 2.10. The number of hydrogen-bond acceptors (Lipinski definition) is 9. The fourth-order valence-corrected chi connectivity index (χ4v) is 4.36. The molecule has 0 unspecified atom stereocenters. The minimum absolute atomic E-state index is 0.206. The summed E-state index contributed by atoms with van der Waals surface area (Å²) in [4.78, 5) is 16.1. The normalized spacial score (nSPS) is 18.5. The van der Waals surface area contributed by atoms with Gasteiger partial charge in [0.05, 0.1) is 35.8 Å². The fourth-order valence-electron chi connectivity index (χ4n) is 3.98. The Hall–Kier alpha value is -3.37. The van der Waals surface area contributed by atoms with E-state index in [1.807, 2.05) is 42.8 Å². The van der Waals surface area contributed by atoms with Crippen molar-refractivity contribution in [3.63, 3.8) is 0 Å². The Balaban J connectivity index is 1.32. The zero-order chi connectivity index (χ0) is 22.8. The van der Waals surface area contributed by atoms with Crippen LogP contribution >= 0.6 is 11.8 Å². The first-order valence-electron chi connectivity index (χ1n) is 10.8. The Kier molecular flexibility index (Phi) is 6.01. The van der Waals surface area contributed by atoms with Gasteiger partial charge < -0.3 is 20.3 Å². The molecule has 4 heterocycles. The quantitative estimate of drug-likeness (QED) is 0.281. The summed E-state index contributed by atoms with van der Waals surface area (Å²) in [6, 6.07) is 11.9. The van der Waals surface area contributed by atoms with Crippen molar-refractivity contribution in [2.24, 2.45) is 0 Å². The average molecular weight is 463 g/mol. The van der Waals surface area contributed by atoms with Gasteiger partial charge in [0.15, 0.2) is 5.16 Å². The predicted octanol–water partition coefficient (Wildman–Crippen LogP) is 4.57. The lowest BCUT2D eigenvalue weighted by Crippen LogP contribution is -2.45. The third kappa shape index (κ3) is 5.01. The van der Waals surface area contributed by atoms with Crippen LogP contribution in [0.3, 0.4) is 0 Å². The Labute approximate surface area is 196 Å². The summed E-state index contributed by atoms with van der Waals surface area (Å²) in [6.07, 6.45) is 6.06. The van der Waals surface area contributed by atoms with Gasteiger partial charge in [-0.15, -0.1) is 0 Å². The number of hydrogen-bond donors (Lipinski definition) is 3. The van der Waals surface area contributed by atoms with E-state index in [9.17, 15) is 0 Å². The number of ether oxygens (including phenoxy) is 1. The van der Waals surface area contributed by atoms with E-state index in [4.69, 9.17) is 4.74 Å². The standard InChI is InChI=1S/C23H26N8OS/c1-14-12-31(13-15(2)32-14)18-5-7-20(24-11-18)27-22-9-21(28-23(29-22)33-3)26-17-4-6-19-16(8-17)10-25-30-19/h4-11,14-15H,12-13H2,1-3H3,(H,25,30)(H2,24,26,27,28,29)/t14-,15+. The maximum absolute atomic E-state index is 5.83. The van der Waals surface area contributed by atoms with E-state index >= 15 is 0 Å². The number of pyridine rings is 1. The highest BCUT2D eigenvalue weighted by atomic mass is 32.2. The van der Waals surface area contributed by atoms with E-state index in [1.165, 1.54) is 11.8 Å². The van der Waals surface area contributed by atoms with Gasteiger partial charge >= 0.3 is 0 Å². The molecule has 4 aromatic rings. The van der Waals surface area contributed by atoms with E-state index in [0.717, 1.165) is 41.2 Å². The summed E-state index contributed by atoms with van der Waals surface area (Å²) in [7, 11) is 0. The first-order chi connectivity index (χ1) is 16.1. The SMILES string of the molecule is CSc1nc(Nc2ccc3[nH]ncc3c2)cc(Nc2ccc(N3C[C@@H](C)O[C@@H](C)C3)cn2)n1. The number of rotatable bonds is 6. The maximum atomic E-state index is 5.83. The number of thioether (sulfide) groups is 1. The van der Waals surface area contributed by atoms with Crippen molar-refractivity contribution in [2.75, 3.05) is 34.9 Å². The zero-order valence-electron chi connectivity index (χ0n) is 18.7. The summed E-state index contributed by atoms with van der Waals surface area (Å²) in [6.45, 7) is 5.93. The van der Waals surface area contributed by atoms with Crippen LogP contribution in [0.2, 0.25) is 0 Å². The first-order valence-corrected chi connectivity index (χ1v) is 12.0.